The zero-order valence-corrected chi connectivity index (χ0v) is 5.59. The Morgan fingerprint density at radius 3 is 3.33 bits per heavy atom. The number of nitrogens with zero attached hydrogens (tertiary/aromatic N) is 2. The lowest BCUT2D eigenvalue weighted by atomic mass is 10.4. The summed E-state index contributed by atoms with van der Waals surface area (Å²) in [6.07, 6.45) is 1.05. The topological polar surface area (TPSA) is 53.6 Å². The molecule has 0 atom stereocenters. The van der Waals surface area contributed by atoms with Crippen molar-refractivity contribution in [2.24, 2.45) is 10.9 Å². The third-order valence-corrected chi connectivity index (χ3v) is 1.22. The van der Waals surface area contributed by atoms with Crippen molar-refractivity contribution in [3.63, 3.8) is 0 Å². The lowest BCUT2D eigenvalue weighted by Crippen LogP contribution is -2.26. The second-order valence-electron chi connectivity index (χ2n) is 2.13. The van der Waals surface area contributed by atoms with Gasteiger partial charge >= 0.3 is 0 Å². The van der Waals surface area contributed by atoms with Gasteiger partial charge in [-0.1, -0.05) is 0 Å². The van der Waals surface area contributed by atoms with Crippen LogP contribution in [-0.2, 0) is 0 Å². The first-order chi connectivity index (χ1) is 4.29. The molecule has 4 heteroatoms. The van der Waals surface area contributed by atoms with Crippen LogP contribution in [0.15, 0.2) is 5.10 Å². The highest BCUT2D eigenvalue weighted by molar-refractivity contribution is 5.79. The normalized spacial score (nSPS) is 20.2. The van der Waals surface area contributed by atoms with Crippen LogP contribution in [-0.4, -0.2) is 24.0 Å². The van der Waals surface area contributed by atoms with Gasteiger partial charge in [-0.3, -0.25) is 0 Å². The predicted octanol–water partition coefficient (Wildman–Crippen LogP) is -0.511. The van der Waals surface area contributed by atoms with Crippen molar-refractivity contribution in [1.82, 2.24) is 10.4 Å². The van der Waals surface area contributed by atoms with Gasteiger partial charge in [0, 0.05) is 6.54 Å². The highest BCUT2D eigenvalue weighted by Gasteiger charge is 2.00. The van der Waals surface area contributed by atoms with Crippen LogP contribution in [0.1, 0.15) is 13.3 Å². The summed E-state index contributed by atoms with van der Waals surface area (Å²) in [5.41, 5.74) is 0. The summed E-state index contributed by atoms with van der Waals surface area (Å²) in [6, 6.07) is 0. The SMILES string of the molecule is CC1=NN(N)CCCN1. The van der Waals surface area contributed by atoms with Crippen LogP contribution in [0.3, 0.4) is 0 Å². The van der Waals surface area contributed by atoms with E-state index in [0.29, 0.717) is 0 Å². The summed E-state index contributed by atoms with van der Waals surface area (Å²) < 4.78 is 0. The number of rotatable bonds is 0. The fraction of sp³-hybridized carbons (Fsp3) is 0.800. The van der Waals surface area contributed by atoms with Crippen molar-refractivity contribution in [2.45, 2.75) is 13.3 Å². The lowest BCUT2D eigenvalue weighted by molar-refractivity contribution is 0.303. The molecule has 0 bridgehead atoms. The van der Waals surface area contributed by atoms with Crippen LogP contribution in [0, 0.1) is 0 Å². The fourth-order valence-corrected chi connectivity index (χ4v) is 0.788. The van der Waals surface area contributed by atoms with E-state index in [1.54, 1.807) is 0 Å². The first kappa shape index (κ1) is 6.35. The van der Waals surface area contributed by atoms with E-state index in [1.165, 1.54) is 5.12 Å². The Balaban J connectivity index is 2.49. The number of hydrazone groups is 1. The number of amidine groups is 1. The summed E-state index contributed by atoms with van der Waals surface area (Å²) in [5.74, 6) is 6.33. The van der Waals surface area contributed by atoms with Crippen LogP contribution >= 0.6 is 0 Å². The Bertz CT molecular complexity index is 120. The molecule has 0 amide bonds. The maximum atomic E-state index is 5.43. The van der Waals surface area contributed by atoms with Gasteiger partial charge in [0.05, 0.1) is 6.54 Å². The molecule has 3 N–H and O–H groups in total. The smallest absolute Gasteiger partial charge is 0.120 e. The molecule has 0 aromatic carbocycles. The maximum Gasteiger partial charge on any atom is 0.120 e. The summed E-state index contributed by atoms with van der Waals surface area (Å²) in [7, 11) is 0. The predicted molar refractivity (Wildman–Crippen MR) is 36.6 cm³/mol. The molecule has 1 aliphatic heterocycles. The van der Waals surface area contributed by atoms with Crippen molar-refractivity contribution in [3.05, 3.63) is 0 Å². The largest absolute Gasteiger partial charge is 0.372 e. The standard InChI is InChI=1S/C5H12N4/c1-5-7-3-2-4-9(6)8-5/h2-4,6H2,1H3,(H,7,8). The van der Waals surface area contributed by atoms with Gasteiger partial charge in [0.25, 0.3) is 0 Å². The zero-order valence-electron chi connectivity index (χ0n) is 5.59. The van der Waals surface area contributed by atoms with Crippen LogP contribution in [0.2, 0.25) is 0 Å². The van der Waals surface area contributed by atoms with E-state index in [2.05, 4.69) is 10.4 Å². The molecule has 1 aliphatic rings. The highest BCUT2D eigenvalue weighted by Crippen LogP contribution is 1.89. The van der Waals surface area contributed by atoms with E-state index in [1.807, 2.05) is 6.92 Å². The average Bonchev–Trinajstić information content (AvgIpc) is 1.93. The molecule has 0 aromatic rings. The van der Waals surface area contributed by atoms with Gasteiger partial charge in [0.2, 0.25) is 0 Å². The number of nitrogens with one attached hydrogen (secondary N) is 1. The number of hydrogen-bond donors (Lipinski definition) is 2. The Morgan fingerprint density at radius 2 is 2.56 bits per heavy atom. The molecular formula is C5H12N4. The molecule has 0 spiro atoms. The number of hydrogen-bond acceptors (Lipinski definition) is 4. The Morgan fingerprint density at radius 1 is 1.78 bits per heavy atom. The molecule has 1 rings (SSSR count). The van der Waals surface area contributed by atoms with Gasteiger partial charge in [-0.2, -0.15) is 0 Å². The van der Waals surface area contributed by atoms with Crippen molar-refractivity contribution >= 4 is 5.84 Å². The van der Waals surface area contributed by atoms with Crippen LogP contribution in [0.4, 0.5) is 0 Å². The first-order valence-corrected chi connectivity index (χ1v) is 3.10. The van der Waals surface area contributed by atoms with E-state index in [-0.39, 0.29) is 0 Å². The minimum Gasteiger partial charge on any atom is -0.372 e. The number of nitrogens with two attached hydrogens (primary N) is 1. The molecule has 0 radical (unpaired) electrons. The van der Waals surface area contributed by atoms with Gasteiger partial charge in [-0.15, -0.1) is 5.10 Å². The van der Waals surface area contributed by atoms with Crippen molar-refractivity contribution < 1.29 is 0 Å². The summed E-state index contributed by atoms with van der Waals surface area (Å²) >= 11 is 0. The Labute approximate surface area is 54.7 Å². The molecule has 9 heavy (non-hydrogen) atoms. The molecule has 4 nitrogen and oxygen atoms in total. The Hall–Kier alpha value is -0.770. The second kappa shape index (κ2) is 2.68. The third-order valence-electron chi connectivity index (χ3n) is 1.22. The van der Waals surface area contributed by atoms with E-state index in [9.17, 15) is 0 Å². The molecule has 0 aliphatic carbocycles. The van der Waals surface area contributed by atoms with Crippen molar-refractivity contribution in [1.29, 1.82) is 0 Å². The van der Waals surface area contributed by atoms with Crippen LogP contribution < -0.4 is 11.2 Å². The highest BCUT2D eigenvalue weighted by atomic mass is 15.6. The van der Waals surface area contributed by atoms with Crippen molar-refractivity contribution in [2.75, 3.05) is 13.1 Å². The van der Waals surface area contributed by atoms with E-state index in [4.69, 9.17) is 5.84 Å². The van der Waals surface area contributed by atoms with Gasteiger partial charge in [0.15, 0.2) is 0 Å². The molecule has 0 saturated heterocycles. The van der Waals surface area contributed by atoms with Crippen LogP contribution in [0.5, 0.6) is 0 Å². The molecule has 1 heterocycles. The summed E-state index contributed by atoms with van der Waals surface area (Å²) in [5, 5.41) is 8.56. The van der Waals surface area contributed by atoms with Gasteiger partial charge in [-0.25, -0.2) is 11.0 Å². The van der Waals surface area contributed by atoms with Crippen molar-refractivity contribution in [3.8, 4) is 0 Å². The zero-order chi connectivity index (χ0) is 6.69. The third kappa shape index (κ3) is 1.89. The van der Waals surface area contributed by atoms with Crippen LogP contribution in [0.25, 0.3) is 0 Å². The molecule has 0 saturated carbocycles. The Kier molecular flexibility index (Phi) is 1.89. The first-order valence-electron chi connectivity index (χ1n) is 3.10. The number of hydrazine groups is 1. The van der Waals surface area contributed by atoms with E-state index >= 15 is 0 Å². The fourth-order valence-electron chi connectivity index (χ4n) is 0.788. The average molecular weight is 128 g/mol. The summed E-state index contributed by atoms with van der Waals surface area (Å²) in [4.78, 5) is 0. The van der Waals surface area contributed by atoms with Gasteiger partial charge in [-0.05, 0) is 13.3 Å². The van der Waals surface area contributed by atoms with Gasteiger partial charge < -0.3 is 5.32 Å². The minimum absolute atomic E-state index is 0.838. The van der Waals surface area contributed by atoms with E-state index in [0.717, 1.165) is 25.3 Å². The quantitative estimate of drug-likeness (QED) is 0.432. The molecule has 0 aromatic heterocycles. The monoisotopic (exact) mass is 128 g/mol. The maximum absolute atomic E-state index is 5.43. The molecule has 0 unspecified atom stereocenters. The minimum atomic E-state index is 0.838. The molecule has 52 valence electrons. The van der Waals surface area contributed by atoms with E-state index < -0.39 is 0 Å². The summed E-state index contributed by atoms with van der Waals surface area (Å²) in [6.45, 7) is 3.72. The van der Waals surface area contributed by atoms with Gasteiger partial charge in [0.1, 0.15) is 5.84 Å². The molecular weight excluding hydrogens is 116 g/mol. The molecule has 0 fully saturated rings. The lowest BCUT2D eigenvalue weighted by Gasteiger charge is -2.07. The second-order valence-corrected chi connectivity index (χ2v) is 2.13.